The van der Waals surface area contributed by atoms with Crippen LogP contribution in [-0.4, -0.2) is 5.91 Å². The van der Waals surface area contributed by atoms with E-state index in [4.69, 9.17) is 16.2 Å². The Kier molecular flexibility index (Phi) is 3.42. The number of benzene rings is 2. The summed E-state index contributed by atoms with van der Waals surface area (Å²) in [5.74, 6) is 0.414. The van der Waals surface area contributed by atoms with E-state index in [0.29, 0.717) is 17.2 Å². The molecule has 0 heterocycles. The van der Waals surface area contributed by atoms with Gasteiger partial charge in [0.2, 0.25) is 0 Å². The lowest BCUT2D eigenvalue weighted by atomic mass is 10.1. The molecule has 0 unspecified atom stereocenters. The highest BCUT2D eigenvalue weighted by Crippen LogP contribution is 2.33. The maximum absolute atomic E-state index is 11.4. The van der Waals surface area contributed by atoms with Crippen molar-refractivity contribution in [2.45, 2.75) is 13.8 Å². The number of nitrogens with two attached hydrogens (primary N) is 2. The highest BCUT2D eigenvalue weighted by molar-refractivity contribution is 5.97. The molecule has 0 aliphatic heterocycles. The van der Waals surface area contributed by atoms with Crippen LogP contribution in [0.1, 0.15) is 21.5 Å². The number of carbonyl (C=O) groups is 1. The molecule has 2 aromatic carbocycles. The van der Waals surface area contributed by atoms with Gasteiger partial charge >= 0.3 is 0 Å². The van der Waals surface area contributed by atoms with Crippen molar-refractivity contribution in [3.63, 3.8) is 0 Å². The first-order valence-electron chi connectivity index (χ1n) is 5.92. The van der Waals surface area contributed by atoms with Gasteiger partial charge in [-0.2, -0.15) is 0 Å². The van der Waals surface area contributed by atoms with Crippen LogP contribution in [0.25, 0.3) is 0 Å². The zero-order valence-corrected chi connectivity index (χ0v) is 10.9. The summed E-state index contributed by atoms with van der Waals surface area (Å²) >= 11 is 0. The number of amides is 1. The summed E-state index contributed by atoms with van der Waals surface area (Å²) in [6, 6.07) is 10.8. The van der Waals surface area contributed by atoms with Gasteiger partial charge in [-0.1, -0.05) is 18.2 Å². The Morgan fingerprint density at radius 1 is 1.16 bits per heavy atom. The molecule has 0 bridgehead atoms. The van der Waals surface area contributed by atoms with Crippen LogP contribution in [0.4, 0.5) is 5.69 Å². The van der Waals surface area contributed by atoms with Crippen molar-refractivity contribution in [2.24, 2.45) is 5.73 Å². The molecule has 0 radical (unpaired) electrons. The van der Waals surface area contributed by atoms with Gasteiger partial charge in [-0.3, -0.25) is 4.79 Å². The molecule has 1 amide bonds. The normalized spacial score (nSPS) is 10.2. The van der Waals surface area contributed by atoms with E-state index in [0.717, 1.165) is 11.1 Å². The Balaban J connectivity index is 2.49. The summed E-state index contributed by atoms with van der Waals surface area (Å²) in [5, 5.41) is 0. The van der Waals surface area contributed by atoms with Crippen LogP contribution in [0.15, 0.2) is 36.4 Å². The van der Waals surface area contributed by atoms with E-state index in [2.05, 4.69) is 0 Å². The molecular weight excluding hydrogens is 240 g/mol. The van der Waals surface area contributed by atoms with Crippen LogP contribution in [0, 0.1) is 13.8 Å². The summed E-state index contributed by atoms with van der Waals surface area (Å²) in [6.45, 7) is 3.90. The second kappa shape index (κ2) is 5.02. The smallest absolute Gasteiger partial charge is 0.252 e. The number of anilines is 1. The summed E-state index contributed by atoms with van der Waals surface area (Å²) in [6.07, 6.45) is 0. The van der Waals surface area contributed by atoms with Crippen molar-refractivity contribution in [1.82, 2.24) is 0 Å². The zero-order valence-electron chi connectivity index (χ0n) is 10.9. The number of hydrogen-bond acceptors (Lipinski definition) is 3. The van der Waals surface area contributed by atoms with Crippen LogP contribution in [0.5, 0.6) is 11.5 Å². The molecule has 0 aliphatic carbocycles. The second-order valence-corrected chi connectivity index (χ2v) is 4.46. The SMILES string of the molecule is Cc1ccc(C)c(Oc2c(N)cccc2C(N)=O)c1. The molecule has 98 valence electrons. The molecule has 0 aromatic heterocycles. The lowest BCUT2D eigenvalue weighted by molar-refractivity contribution is 0.0998. The summed E-state index contributed by atoms with van der Waals surface area (Å²) < 4.78 is 5.79. The van der Waals surface area contributed by atoms with Crippen molar-refractivity contribution in [3.8, 4) is 11.5 Å². The van der Waals surface area contributed by atoms with Crippen LogP contribution < -0.4 is 16.2 Å². The Morgan fingerprint density at radius 3 is 2.58 bits per heavy atom. The van der Waals surface area contributed by atoms with E-state index in [9.17, 15) is 4.79 Å². The minimum absolute atomic E-state index is 0.279. The topological polar surface area (TPSA) is 78.3 Å². The molecule has 0 spiro atoms. The fourth-order valence-corrected chi connectivity index (χ4v) is 1.79. The van der Waals surface area contributed by atoms with E-state index < -0.39 is 5.91 Å². The fourth-order valence-electron chi connectivity index (χ4n) is 1.79. The van der Waals surface area contributed by atoms with Gasteiger partial charge in [0.15, 0.2) is 5.75 Å². The molecule has 4 nitrogen and oxygen atoms in total. The number of para-hydroxylation sites is 1. The summed E-state index contributed by atoms with van der Waals surface area (Å²) in [7, 11) is 0. The third-order valence-corrected chi connectivity index (χ3v) is 2.87. The Morgan fingerprint density at radius 2 is 1.89 bits per heavy atom. The third-order valence-electron chi connectivity index (χ3n) is 2.87. The standard InChI is InChI=1S/C15H16N2O2/c1-9-6-7-10(2)13(8-9)19-14-11(15(17)18)4-3-5-12(14)16/h3-8H,16H2,1-2H3,(H2,17,18). The van der Waals surface area contributed by atoms with Gasteiger partial charge < -0.3 is 16.2 Å². The van der Waals surface area contributed by atoms with Gasteiger partial charge in [0.25, 0.3) is 5.91 Å². The van der Waals surface area contributed by atoms with E-state index in [-0.39, 0.29) is 5.56 Å². The van der Waals surface area contributed by atoms with Gasteiger partial charge in [-0.25, -0.2) is 0 Å². The third kappa shape index (κ3) is 2.68. The number of rotatable bonds is 3. The number of hydrogen-bond donors (Lipinski definition) is 2. The lowest BCUT2D eigenvalue weighted by Gasteiger charge is -2.14. The molecule has 4 N–H and O–H groups in total. The summed E-state index contributed by atoms with van der Waals surface area (Å²) in [4.78, 5) is 11.4. The predicted octanol–water partition coefficient (Wildman–Crippen LogP) is 2.78. The average molecular weight is 256 g/mol. The van der Waals surface area contributed by atoms with Crippen molar-refractivity contribution >= 4 is 11.6 Å². The van der Waals surface area contributed by atoms with Crippen LogP contribution in [0.3, 0.4) is 0 Å². The number of aryl methyl sites for hydroxylation is 2. The Bertz CT molecular complexity index is 636. The fraction of sp³-hybridized carbons (Fsp3) is 0.133. The van der Waals surface area contributed by atoms with Crippen molar-refractivity contribution < 1.29 is 9.53 Å². The van der Waals surface area contributed by atoms with Crippen molar-refractivity contribution in [1.29, 1.82) is 0 Å². The molecule has 2 rings (SSSR count). The minimum atomic E-state index is -0.562. The van der Waals surface area contributed by atoms with Crippen LogP contribution >= 0.6 is 0 Å². The van der Waals surface area contributed by atoms with Gasteiger partial charge in [0.1, 0.15) is 5.75 Å². The molecule has 0 saturated heterocycles. The predicted molar refractivity (Wildman–Crippen MR) is 75.4 cm³/mol. The van der Waals surface area contributed by atoms with Crippen molar-refractivity contribution in [3.05, 3.63) is 53.1 Å². The highest BCUT2D eigenvalue weighted by Gasteiger charge is 2.14. The highest BCUT2D eigenvalue weighted by atomic mass is 16.5. The van der Waals surface area contributed by atoms with E-state index in [1.165, 1.54) is 0 Å². The van der Waals surface area contributed by atoms with Crippen LogP contribution in [-0.2, 0) is 0 Å². The first-order chi connectivity index (χ1) is 8.99. The van der Waals surface area contributed by atoms with Gasteiger partial charge in [0.05, 0.1) is 11.3 Å². The van der Waals surface area contributed by atoms with E-state index >= 15 is 0 Å². The zero-order chi connectivity index (χ0) is 14.0. The molecule has 2 aromatic rings. The first-order valence-corrected chi connectivity index (χ1v) is 5.92. The number of primary amides is 1. The van der Waals surface area contributed by atoms with Crippen LogP contribution in [0.2, 0.25) is 0 Å². The molecule has 4 heteroatoms. The second-order valence-electron chi connectivity index (χ2n) is 4.46. The van der Waals surface area contributed by atoms with E-state index in [1.807, 2.05) is 32.0 Å². The van der Waals surface area contributed by atoms with E-state index in [1.54, 1.807) is 18.2 Å². The lowest BCUT2D eigenvalue weighted by Crippen LogP contribution is -2.13. The summed E-state index contributed by atoms with van der Waals surface area (Å²) in [5.41, 5.74) is 13.9. The van der Waals surface area contributed by atoms with Crippen molar-refractivity contribution in [2.75, 3.05) is 5.73 Å². The molecule has 0 atom stereocenters. The van der Waals surface area contributed by atoms with Gasteiger partial charge in [-0.05, 0) is 43.2 Å². The number of nitrogen functional groups attached to an aromatic ring is 1. The molecule has 19 heavy (non-hydrogen) atoms. The first kappa shape index (κ1) is 13.0. The minimum Gasteiger partial charge on any atom is -0.454 e. The number of carbonyl (C=O) groups excluding carboxylic acids is 1. The molecular formula is C15H16N2O2. The van der Waals surface area contributed by atoms with Gasteiger partial charge in [0, 0.05) is 0 Å². The molecule has 0 aliphatic rings. The molecule has 0 saturated carbocycles. The quantitative estimate of drug-likeness (QED) is 0.829. The Labute approximate surface area is 112 Å². The maximum Gasteiger partial charge on any atom is 0.252 e. The van der Waals surface area contributed by atoms with Gasteiger partial charge in [-0.15, -0.1) is 0 Å². The largest absolute Gasteiger partial charge is 0.454 e. The monoisotopic (exact) mass is 256 g/mol. The molecule has 0 fully saturated rings. The Hall–Kier alpha value is -2.49. The number of ether oxygens (including phenoxy) is 1. The average Bonchev–Trinajstić information content (AvgIpc) is 2.35. The maximum atomic E-state index is 11.4.